The van der Waals surface area contributed by atoms with Gasteiger partial charge < -0.3 is 0 Å². The minimum absolute atomic E-state index is 0.703. The fourth-order valence-corrected chi connectivity index (χ4v) is 3.24. The molecular formula is C21H19NOS. The molecule has 2 nitrogen and oxygen atoms in total. The van der Waals surface area contributed by atoms with Crippen LogP contribution in [0.1, 0.15) is 22.3 Å². The predicted octanol–water partition coefficient (Wildman–Crippen LogP) is 4.86. The quantitative estimate of drug-likeness (QED) is 0.627. The van der Waals surface area contributed by atoms with E-state index in [-0.39, 0.29) is 0 Å². The Labute approximate surface area is 145 Å². The number of hydrogen-bond donors (Lipinski definition) is 0. The molecule has 0 saturated carbocycles. The summed E-state index contributed by atoms with van der Waals surface area (Å²) in [5.41, 5.74) is 5.05. The molecule has 1 atom stereocenters. The summed E-state index contributed by atoms with van der Waals surface area (Å²) in [6.07, 6.45) is 0. The number of rotatable bonds is 4. The Morgan fingerprint density at radius 1 is 0.708 bits per heavy atom. The summed E-state index contributed by atoms with van der Waals surface area (Å²) in [6, 6.07) is 25.6. The van der Waals surface area contributed by atoms with Crippen LogP contribution in [-0.4, -0.2) is 9.92 Å². The van der Waals surface area contributed by atoms with Crippen LogP contribution in [0.4, 0.5) is 0 Å². The lowest BCUT2D eigenvalue weighted by molar-refractivity contribution is 0.684. The molecule has 0 aliphatic carbocycles. The summed E-state index contributed by atoms with van der Waals surface area (Å²) in [4.78, 5) is 0.703. The molecule has 0 amide bonds. The zero-order valence-electron chi connectivity index (χ0n) is 13.8. The van der Waals surface area contributed by atoms with E-state index >= 15 is 0 Å². The van der Waals surface area contributed by atoms with Gasteiger partial charge >= 0.3 is 0 Å². The molecule has 0 radical (unpaired) electrons. The molecule has 3 aromatic rings. The average Bonchev–Trinajstić information content (AvgIpc) is 2.62. The second kappa shape index (κ2) is 7.37. The van der Waals surface area contributed by atoms with E-state index in [1.54, 1.807) is 0 Å². The molecule has 3 heteroatoms. The molecular weight excluding hydrogens is 314 g/mol. The van der Waals surface area contributed by atoms with Crippen molar-refractivity contribution < 1.29 is 4.21 Å². The van der Waals surface area contributed by atoms with Crippen LogP contribution >= 0.6 is 0 Å². The molecule has 0 fully saturated rings. The van der Waals surface area contributed by atoms with Gasteiger partial charge in [-0.25, -0.2) is 4.21 Å². The minimum atomic E-state index is -1.44. The van der Waals surface area contributed by atoms with E-state index in [0.29, 0.717) is 4.90 Å². The van der Waals surface area contributed by atoms with Gasteiger partial charge in [-0.3, -0.25) is 0 Å². The van der Waals surface area contributed by atoms with Gasteiger partial charge in [0.1, 0.15) is 0 Å². The van der Waals surface area contributed by atoms with Gasteiger partial charge in [0.25, 0.3) is 0 Å². The highest BCUT2D eigenvalue weighted by Gasteiger charge is 2.10. The Morgan fingerprint density at radius 2 is 1.17 bits per heavy atom. The van der Waals surface area contributed by atoms with Crippen molar-refractivity contribution in [3.05, 3.63) is 101 Å². The number of aryl methyl sites for hydroxylation is 2. The molecule has 0 unspecified atom stereocenters. The van der Waals surface area contributed by atoms with E-state index in [1.807, 2.05) is 78.9 Å². The molecule has 0 bridgehead atoms. The van der Waals surface area contributed by atoms with E-state index in [0.717, 1.165) is 16.8 Å². The molecule has 3 rings (SSSR count). The normalized spacial score (nSPS) is 11.8. The first-order valence-electron chi connectivity index (χ1n) is 7.83. The maximum Gasteiger partial charge on any atom is 0.173 e. The molecule has 0 spiro atoms. The van der Waals surface area contributed by atoms with Crippen LogP contribution in [0.3, 0.4) is 0 Å². The van der Waals surface area contributed by atoms with E-state index in [4.69, 9.17) is 0 Å². The SMILES string of the molecule is Cc1ccc(C(=N[S@](=O)c2ccccc2)c2ccc(C)cc2)cc1. The maximum absolute atomic E-state index is 12.7. The van der Waals surface area contributed by atoms with Gasteiger partial charge in [-0.2, -0.15) is 4.40 Å². The van der Waals surface area contributed by atoms with Gasteiger partial charge in [0.05, 0.1) is 10.6 Å². The fraction of sp³-hybridized carbons (Fsp3) is 0.0952. The first-order valence-corrected chi connectivity index (χ1v) is 8.94. The van der Waals surface area contributed by atoms with Gasteiger partial charge in [0.15, 0.2) is 11.0 Å². The van der Waals surface area contributed by atoms with E-state index in [2.05, 4.69) is 18.2 Å². The zero-order chi connectivity index (χ0) is 16.9. The zero-order valence-corrected chi connectivity index (χ0v) is 14.6. The van der Waals surface area contributed by atoms with Crippen LogP contribution in [0.5, 0.6) is 0 Å². The summed E-state index contributed by atoms with van der Waals surface area (Å²) in [5, 5.41) is 0. The number of hydrogen-bond acceptors (Lipinski definition) is 1. The summed E-state index contributed by atoms with van der Waals surface area (Å²) < 4.78 is 17.2. The first kappa shape index (κ1) is 16.3. The molecule has 0 N–H and O–H groups in total. The first-order chi connectivity index (χ1) is 11.6. The van der Waals surface area contributed by atoms with Crippen molar-refractivity contribution in [2.75, 3.05) is 0 Å². The van der Waals surface area contributed by atoms with Crippen molar-refractivity contribution in [3.63, 3.8) is 0 Å². The van der Waals surface area contributed by atoms with Crippen LogP contribution in [0.15, 0.2) is 88.2 Å². The van der Waals surface area contributed by atoms with Crippen molar-refractivity contribution in [1.82, 2.24) is 0 Å². The Balaban J connectivity index is 2.07. The monoisotopic (exact) mass is 333 g/mol. The van der Waals surface area contributed by atoms with Gasteiger partial charge in [-0.05, 0) is 26.0 Å². The summed E-state index contributed by atoms with van der Waals surface area (Å²) in [5.74, 6) is 0. The largest absolute Gasteiger partial charge is 0.229 e. The molecule has 24 heavy (non-hydrogen) atoms. The highest BCUT2D eigenvalue weighted by Crippen LogP contribution is 2.16. The third-order valence-electron chi connectivity index (χ3n) is 3.77. The lowest BCUT2D eigenvalue weighted by Crippen LogP contribution is -2.05. The smallest absolute Gasteiger partial charge is 0.173 e. The molecule has 0 aliphatic rings. The van der Waals surface area contributed by atoms with Crippen LogP contribution < -0.4 is 0 Å². The van der Waals surface area contributed by atoms with Gasteiger partial charge in [-0.15, -0.1) is 0 Å². The number of nitrogens with zero attached hydrogens (tertiary/aromatic N) is 1. The highest BCUT2D eigenvalue weighted by atomic mass is 32.2. The number of benzene rings is 3. The van der Waals surface area contributed by atoms with Gasteiger partial charge in [-0.1, -0.05) is 77.9 Å². The van der Waals surface area contributed by atoms with E-state index in [9.17, 15) is 4.21 Å². The van der Waals surface area contributed by atoms with Crippen molar-refractivity contribution >= 4 is 16.7 Å². The standard InChI is InChI=1S/C21H19NOS/c1-16-8-12-18(13-9-16)21(19-14-10-17(2)11-15-19)22-24(23)20-6-4-3-5-7-20/h3-15H,1-2H3/t24-/m1/s1. The predicted molar refractivity (Wildman–Crippen MR) is 101 cm³/mol. The Hall–Kier alpha value is -2.52. The average molecular weight is 333 g/mol. The maximum atomic E-state index is 12.7. The minimum Gasteiger partial charge on any atom is -0.229 e. The topological polar surface area (TPSA) is 29.4 Å². The van der Waals surface area contributed by atoms with Gasteiger partial charge in [0.2, 0.25) is 0 Å². The van der Waals surface area contributed by atoms with Crippen molar-refractivity contribution in [1.29, 1.82) is 0 Å². The van der Waals surface area contributed by atoms with E-state index < -0.39 is 11.0 Å². The fourth-order valence-electron chi connectivity index (χ4n) is 2.37. The molecule has 0 aromatic heterocycles. The summed E-state index contributed by atoms with van der Waals surface area (Å²) in [6.45, 7) is 4.10. The van der Waals surface area contributed by atoms with Crippen LogP contribution in [0.25, 0.3) is 0 Å². The molecule has 120 valence electrons. The third kappa shape index (κ3) is 3.87. The van der Waals surface area contributed by atoms with Crippen molar-refractivity contribution in [3.8, 4) is 0 Å². The second-order valence-electron chi connectivity index (χ2n) is 5.73. The van der Waals surface area contributed by atoms with Crippen LogP contribution in [0.2, 0.25) is 0 Å². The van der Waals surface area contributed by atoms with Crippen molar-refractivity contribution in [2.45, 2.75) is 18.7 Å². The molecule has 0 aliphatic heterocycles. The third-order valence-corrected chi connectivity index (χ3v) is 4.79. The molecule has 3 aromatic carbocycles. The van der Waals surface area contributed by atoms with Gasteiger partial charge in [0, 0.05) is 11.1 Å². The molecule has 0 saturated heterocycles. The van der Waals surface area contributed by atoms with E-state index in [1.165, 1.54) is 11.1 Å². The highest BCUT2D eigenvalue weighted by molar-refractivity contribution is 7.84. The summed E-state index contributed by atoms with van der Waals surface area (Å²) in [7, 11) is -1.44. The summed E-state index contributed by atoms with van der Waals surface area (Å²) >= 11 is 0. The lowest BCUT2D eigenvalue weighted by atomic mass is 10.0. The Morgan fingerprint density at radius 3 is 1.62 bits per heavy atom. The van der Waals surface area contributed by atoms with Crippen molar-refractivity contribution in [2.24, 2.45) is 4.40 Å². The second-order valence-corrected chi connectivity index (χ2v) is 6.89. The van der Waals surface area contributed by atoms with Crippen LogP contribution in [0, 0.1) is 13.8 Å². The Bertz CT molecular complexity index is 818. The lowest BCUT2D eigenvalue weighted by Gasteiger charge is -2.08. The Kier molecular flexibility index (Phi) is 5.02. The molecule has 0 heterocycles. The van der Waals surface area contributed by atoms with Crippen LogP contribution in [-0.2, 0) is 11.0 Å².